The number of aromatic nitrogens is 4. The number of fused-ring (bicyclic) bond motifs is 1. The fraction of sp³-hybridized carbons (Fsp3) is 0.343. The third kappa shape index (κ3) is 5.54. The van der Waals surface area contributed by atoms with Crippen molar-refractivity contribution in [3.8, 4) is 33.6 Å². The normalized spacial score (nSPS) is 19.6. The number of rotatable bonds is 7. The number of morpholine rings is 1. The monoisotopic (exact) mass is 589 g/mol. The van der Waals surface area contributed by atoms with Crippen LogP contribution in [0.5, 0.6) is 0 Å². The summed E-state index contributed by atoms with van der Waals surface area (Å²) in [4.78, 5) is 31.1. The van der Waals surface area contributed by atoms with Crippen molar-refractivity contribution >= 4 is 16.7 Å². The lowest BCUT2D eigenvalue weighted by atomic mass is 9.98. The second-order valence-corrected chi connectivity index (χ2v) is 12.3. The Morgan fingerprint density at radius 2 is 1.52 bits per heavy atom. The van der Waals surface area contributed by atoms with E-state index in [2.05, 4.69) is 85.9 Å². The summed E-state index contributed by atoms with van der Waals surface area (Å²) >= 11 is 0. The van der Waals surface area contributed by atoms with Crippen molar-refractivity contribution in [2.75, 3.05) is 26.3 Å². The van der Waals surface area contributed by atoms with E-state index in [0.717, 1.165) is 77.8 Å². The molecule has 0 radical (unpaired) electrons. The second-order valence-electron chi connectivity index (χ2n) is 12.3. The fourth-order valence-electron chi connectivity index (χ4n) is 6.28. The summed E-state index contributed by atoms with van der Waals surface area (Å²) in [6.07, 6.45) is 5.61. The summed E-state index contributed by atoms with van der Waals surface area (Å²) in [7, 11) is 0. The highest BCUT2D eigenvalue weighted by Crippen LogP contribution is 2.33. The van der Waals surface area contributed by atoms with Crippen LogP contribution < -0.4 is 11.1 Å². The summed E-state index contributed by atoms with van der Waals surface area (Å²) < 4.78 is 5.59. The average molecular weight is 590 g/mol. The van der Waals surface area contributed by atoms with E-state index < -0.39 is 6.04 Å². The number of nitrogens with two attached hydrogens (primary N) is 1. The van der Waals surface area contributed by atoms with Gasteiger partial charge in [0, 0.05) is 18.7 Å². The molecule has 0 aliphatic carbocycles. The first-order valence-corrected chi connectivity index (χ1v) is 15.6. The van der Waals surface area contributed by atoms with Gasteiger partial charge in [-0.2, -0.15) is 0 Å². The number of ether oxygens (including phenoxy) is 1. The molecule has 44 heavy (non-hydrogen) atoms. The van der Waals surface area contributed by atoms with E-state index in [1.165, 1.54) is 10.8 Å². The Morgan fingerprint density at radius 3 is 2.25 bits per heavy atom. The zero-order valence-corrected chi connectivity index (χ0v) is 25.2. The largest absolute Gasteiger partial charge is 0.378 e. The van der Waals surface area contributed by atoms with Crippen LogP contribution in [0.4, 0.5) is 0 Å². The topological polar surface area (TPSA) is 125 Å². The van der Waals surface area contributed by atoms with E-state index in [1.54, 1.807) is 0 Å². The molecule has 0 saturated carbocycles. The van der Waals surface area contributed by atoms with Crippen molar-refractivity contribution in [1.82, 2.24) is 30.2 Å². The predicted molar refractivity (Wildman–Crippen MR) is 173 cm³/mol. The highest BCUT2D eigenvalue weighted by Gasteiger charge is 2.35. The molecule has 3 atom stereocenters. The van der Waals surface area contributed by atoms with Gasteiger partial charge in [0.05, 0.1) is 55.1 Å². The Hall–Kier alpha value is -4.31. The third-order valence-corrected chi connectivity index (χ3v) is 8.98. The van der Waals surface area contributed by atoms with Gasteiger partial charge >= 0.3 is 0 Å². The maximum Gasteiger partial charge on any atom is 0.240 e. The molecule has 0 unspecified atom stereocenters. The van der Waals surface area contributed by atoms with Gasteiger partial charge in [0.2, 0.25) is 5.91 Å². The van der Waals surface area contributed by atoms with E-state index >= 15 is 0 Å². The van der Waals surface area contributed by atoms with Gasteiger partial charge < -0.3 is 30.7 Å². The Balaban J connectivity index is 1.06. The number of hydrogen-bond donors (Lipinski definition) is 4. The quantitative estimate of drug-likeness (QED) is 0.196. The number of carbonyl (C=O) groups is 1. The summed E-state index contributed by atoms with van der Waals surface area (Å²) in [5.41, 5.74) is 12.6. The van der Waals surface area contributed by atoms with Crippen LogP contribution in [0.25, 0.3) is 44.4 Å². The molecule has 9 nitrogen and oxygen atoms in total. The summed E-state index contributed by atoms with van der Waals surface area (Å²) in [6, 6.07) is 21.2. The molecule has 1 amide bonds. The molecule has 2 fully saturated rings. The molecular weight excluding hydrogens is 550 g/mol. The average Bonchev–Trinajstić information content (AvgIpc) is 3.85. The Kier molecular flexibility index (Phi) is 7.76. The molecular formula is C35H39N7O2. The van der Waals surface area contributed by atoms with Crippen LogP contribution in [0.1, 0.15) is 50.4 Å². The number of nitrogens with zero attached hydrogens (tertiary/aromatic N) is 3. The van der Waals surface area contributed by atoms with Crippen molar-refractivity contribution in [2.24, 2.45) is 11.7 Å². The van der Waals surface area contributed by atoms with E-state index in [9.17, 15) is 4.79 Å². The Morgan fingerprint density at radius 1 is 0.886 bits per heavy atom. The van der Waals surface area contributed by atoms with Gasteiger partial charge in [0.1, 0.15) is 11.6 Å². The number of carbonyl (C=O) groups excluding carboxylic acids is 1. The van der Waals surface area contributed by atoms with Crippen molar-refractivity contribution < 1.29 is 9.53 Å². The maximum absolute atomic E-state index is 13.0. The van der Waals surface area contributed by atoms with Crippen molar-refractivity contribution in [1.29, 1.82) is 0 Å². The van der Waals surface area contributed by atoms with Crippen LogP contribution in [0.2, 0.25) is 0 Å². The lowest BCUT2D eigenvalue weighted by Crippen LogP contribution is -2.46. The summed E-state index contributed by atoms with van der Waals surface area (Å²) in [5, 5.41) is 5.81. The van der Waals surface area contributed by atoms with Crippen LogP contribution in [-0.4, -0.2) is 63.1 Å². The van der Waals surface area contributed by atoms with Gasteiger partial charge in [0.25, 0.3) is 0 Å². The minimum Gasteiger partial charge on any atom is -0.378 e. The fourth-order valence-corrected chi connectivity index (χ4v) is 6.28. The van der Waals surface area contributed by atoms with Gasteiger partial charge in [-0.25, -0.2) is 9.97 Å². The first-order valence-electron chi connectivity index (χ1n) is 15.6. The lowest BCUT2D eigenvalue weighted by Gasteiger charge is -2.27. The van der Waals surface area contributed by atoms with Gasteiger partial charge in [-0.1, -0.05) is 62.4 Å². The van der Waals surface area contributed by atoms with Gasteiger partial charge in [-0.3, -0.25) is 4.79 Å². The molecule has 5 aromatic rings. The number of nitrogens with one attached hydrogen (secondary N) is 3. The minimum absolute atomic E-state index is 0.00889. The molecule has 3 aromatic carbocycles. The van der Waals surface area contributed by atoms with Crippen LogP contribution >= 0.6 is 0 Å². The van der Waals surface area contributed by atoms with Gasteiger partial charge in [-0.15, -0.1) is 0 Å². The molecule has 226 valence electrons. The van der Waals surface area contributed by atoms with Crippen LogP contribution in [0.3, 0.4) is 0 Å². The Bertz CT molecular complexity index is 1770. The summed E-state index contributed by atoms with van der Waals surface area (Å²) in [5.74, 6) is 1.84. The third-order valence-electron chi connectivity index (χ3n) is 8.98. The highest BCUT2D eigenvalue weighted by molar-refractivity contribution is 5.90. The Labute approximate surface area is 257 Å². The van der Waals surface area contributed by atoms with E-state index in [0.29, 0.717) is 6.61 Å². The zero-order chi connectivity index (χ0) is 30.2. The zero-order valence-electron chi connectivity index (χ0n) is 25.2. The molecule has 0 spiro atoms. The highest BCUT2D eigenvalue weighted by atomic mass is 16.5. The van der Waals surface area contributed by atoms with Crippen LogP contribution in [0.15, 0.2) is 73.1 Å². The smallest absolute Gasteiger partial charge is 0.240 e. The first-order chi connectivity index (χ1) is 21.4. The molecule has 2 aliphatic rings. The van der Waals surface area contributed by atoms with Crippen molar-refractivity contribution in [3.63, 3.8) is 0 Å². The van der Waals surface area contributed by atoms with E-state index in [4.69, 9.17) is 10.5 Å². The maximum atomic E-state index is 13.0. The van der Waals surface area contributed by atoms with Crippen molar-refractivity contribution in [3.05, 3.63) is 84.7 Å². The molecule has 5 N–H and O–H groups in total. The predicted octanol–water partition coefficient (Wildman–Crippen LogP) is 5.59. The second kappa shape index (κ2) is 12.0. The molecule has 2 aliphatic heterocycles. The number of aromatic amines is 2. The van der Waals surface area contributed by atoms with Crippen LogP contribution in [-0.2, 0) is 9.53 Å². The standard InChI is InChI=1S/C35H39N7O2/c1-21(2)32(36)35(43)42-14-3-4-31(42)34-39-18-28(41-34)23-7-5-22(6-8-23)24-9-10-26-17-27(12-11-25(26)16-24)29-19-38-33(40-29)30-20-44-15-13-37-30/h5-12,16-19,21,30-32,37H,3-4,13-15,20,36H2,1-2H3,(H,38,40)(H,39,41)/t30-,31-,32-/m0/s1. The minimum atomic E-state index is -0.487. The molecule has 0 bridgehead atoms. The number of benzene rings is 3. The van der Waals surface area contributed by atoms with E-state index in [1.807, 2.05) is 31.1 Å². The molecule has 2 saturated heterocycles. The number of hydrogen-bond acceptors (Lipinski definition) is 6. The number of H-pyrrole nitrogens is 2. The number of amides is 1. The van der Waals surface area contributed by atoms with E-state index in [-0.39, 0.29) is 23.9 Å². The lowest BCUT2D eigenvalue weighted by molar-refractivity contribution is -0.134. The van der Waals surface area contributed by atoms with Gasteiger partial charge in [0.15, 0.2) is 0 Å². The SMILES string of the molecule is CC(C)[C@H](N)C(=O)N1CCC[C@H]1c1ncc(-c2ccc(-c3ccc4cc(-c5cnc([C@@H]6COCCN6)[nH]5)ccc4c3)cc2)[nH]1. The number of likely N-dealkylation sites (tertiary alicyclic amines) is 1. The summed E-state index contributed by atoms with van der Waals surface area (Å²) in [6.45, 7) is 6.90. The first kappa shape index (κ1) is 28.5. The number of imidazole rings is 2. The molecule has 7 rings (SSSR count). The molecule has 4 heterocycles. The van der Waals surface area contributed by atoms with Crippen LogP contribution in [0, 0.1) is 5.92 Å². The van der Waals surface area contributed by atoms with Crippen molar-refractivity contribution in [2.45, 2.75) is 44.8 Å². The molecule has 9 heteroatoms. The van der Waals surface area contributed by atoms with Gasteiger partial charge in [-0.05, 0) is 58.4 Å². The molecule has 2 aromatic heterocycles.